The Morgan fingerprint density at radius 3 is 2.77 bits per heavy atom. The topological polar surface area (TPSA) is 26.0 Å². The Morgan fingerprint density at radius 1 is 1.23 bits per heavy atom. The minimum atomic E-state index is -0.906. The van der Waals surface area contributed by atoms with Gasteiger partial charge in [-0.05, 0) is 12.1 Å². The Hall–Kier alpha value is -1.71. The van der Waals surface area contributed by atoms with E-state index in [1.54, 1.807) is 0 Å². The highest BCUT2D eigenvalue weighted by Gasteiger charge is 2.10. The number of halogens is 2. The van der Waals surface area contributed by atoms with Gasteiger partial charge in [0.2, 0.25) is 0 Å². The van der Waals surface area contributed by atoms with E-state index in [-0.39, 0.29) is 11.3 Å². The highest BCUT2D eigenvalue weighted by atomic mass is 19.2. The van der Waals surface area contributed by atoms with Gasteiger partial charge < -0.3 is 4.42 Å². The van der Waals surface area contributed by atoms with Crippen LogP contribution in [0.5, 0.6) is 0 Å². The number of hydrogen-bond donors (Lipinski definition) is 0. The first-order chi connectivity index (χ1) is 6.29. The van der Waals surface area contributed by atoms with Crippen molar-refractivity contribution in [2.24, 2.45) is 0 Å². The number of aromatic nitrogens is 1. The molecule has 0 saturated heterocycles. The van der Waals surface area contributed by atoms with Crippen molar-refractivity contribution in [3.05, 3.63) is 42.5 Å². The molecule has 66 valence electrons. The highest BCUT2D eigenvalue weighted by Crippen LogP contribution is 2.22. The van der Waals surface area contributed by atoms with Gasteiger partial charge in [-0.15, -0.1) is 0 Å². The molecule has 1 aromatic carbocycles. The molecule has 4 heteroatoms. The minimum absolute atomic E-state index is 0.105. The number of nitrogens with zero attached hydrogens (tertiary/aromatic N) is 1. The molecule has 1 heterocycles. The molecule has 2 rings (SSSR count). The summed E-state index contributed by atoms with van der Waals surface area (Å²) in [5.74, 6) is -1.79. The van der Waals surface area contributed by atoms with E-state index in [0.29, 0.717) is 0 Å². The molecule has 0 bridgehead atoms. The van der Waals surface area contributed by atoms with Crippen molar-refractivity contribution >= 4 is 0 Å². The molecule has 0 aliphatic heterocycles. The Labute approximate surface area is 72.8 Å². The van der Waals surface area contributed by atoms with Crippen LogP contribution in [0.1, 0.15) is 0 Å². The fourth-order valence-corrected chi connectivity index (χ4v) is 1.05. The zero-order chi connectivity index (χ0) is 9.26. The standard InChI is InChI=1S/C9H5F2NO/c10-7-3-1-2-6(9(7)11)8-4-13-5-12-8/h1-5H. The van der Waals surface area contributed by atoms with E-state index in [1.807, 2.05) is 0 Å². The molecule has 0 N–H and O–H groups in total. The van der Waals surface area contributed by atoms with E-state index in [9.17, 15) is 8.78 Å². The van der Waals surface area contributed by atoms with Crippen molar-refractivity contribution in [3.63, 3.8) is 0 Å². The van der Waals surface area contributed by atoms with Crippen LogP contribution in [0.25, 0.3) is 11.3 Å². The highest BCUT2D eigenvalue weighted by molar-refractivity contribution is 5.58. The molecule has 0 amide bonds. The quantitative estimate of drug-likeness (QED) is 0.675. The van der Waals surface area contributed by atoms with Crippen LogP contribution < -0.4 is 0 Å². The first kappa shape index (κ1) is 7.91. The van der Waals surface area contributed by atoms with Gasteiger partial charge in [-0.1, -0.05) is 6.07 Å². The molecule has 1 aromatic heterocycles. The summed E-state index contributed by atoms with van der Waals surface area (Å²) in [6.07, 6.45) is 2.43. The third-order valence-corrected chi connectivity index (χ3v) is 1.66. The Bertz CT molecular complexity index is 412. The third-order valence-electron chi connectivity index (χ3n) is 1.66. The van der Waals surface area contributed by atoms with Crippen LogP contribution in [-0.4, -0.2) is 4.98 Å². The van der Waals surface area contributed by atoms with Gasteiger partial charge in [0.25, 0.3) is 0 Å². The van der Waals surface area contributed by atoms with E-state index in [4.69, 9.17) is 0 Å². The van der Waals surface area contributed by atoms with Crippen LogP contribution in [0.4, 0.5) is 8.78 Å². The van der Waals surface area contributed by atoms with Gasteiger partial charge in [0, 0.05) is 5.56 Å². The van der Waals surface area contributed by atoms with Crippen LogP contribution in [0.15, 0.2) is 35.3 Å². The molecule has 0 aliphatic rings. The lowest BCUT2D eigenvalue weighted by Crippen LogP contribution is -1.88. The van der Waals surface area contributed by atoms with Crippen molar-refractivity contribution in [3.8, 4) is 11.3 Å². The molecule has 0 unspecified atom stereocenters. The summed E-state index contributed by atoms with van der Waals surface area (Å²) in [5, 5.41) is 0. The lowest BCUT2D eigenvalue weighted by Gasteiger charge is -1.98. The first-order valence-corrected chi connectivity index (χ1v) is 3.61. The summed E-state index contributed by atoms with van der Waals surface area (Å²) in [7, 11) is 0. The maximum Gasteiger partial charge on any atom is 0.181 e. The summed E-state index contributed by atoms with van der Waals surface area (Å²) in [5.41, 5.74) is 0.394. The average molecular weight is 181 g/mol. The van der Waals surface area contributed by atoms with Crippen LogP contribution >= 0.6 is 0 Å². The van der Waals surface area contributed by atoms with Crippen molar-refractivity contribution < 1.29 is 13.2 Å². The molecule has 0 atom stereocenters. The van der Waals surface area contributed by atoms with Crippen molar-refractivity contribution in [1.82, 2.24) is 4.98 Å². The summed E-state index contributed by atoms with van der Waals surface area (Å²) in [6, 6.07) is 3.91. The van der Waals surface area contributed by atoms with Crippen LogP contribution in [0.3, 0.4) is 0 Å². The fourth-order valence-electron chi connectivity index (χ4n) is 1.05. The van der Waals surface area contributed by atoms with Crippen LogP contribution in [-0.2, 0) is 0 Å². The Kier molecular flexibility index (Phi) is 1.81. The monoisotopic (exact) mass is 181 g/mol. The third kappa shape index (κ3) is 1.30. The summed E-state index contributed by atoms with van der Waals surface area (Å²) >= 11 is 0. The average Bonchev–Trinajstić information content (AvgIpc) is 2.62. The molecule has 0 saturated carbocycles. The number of hydrogen-bond acceptors (Lipinski definition) is 2. The van der Waals surface area contributed by atoms with Gasteiger partial charge in [-0.3, -0.25) is 0 Å². The Balaban J connectivity index is 2.59. The molecule has 0 radical (unpaired) electrons. The van der Waals surface area contributed by atoms with Crippen LogP contribution in [0, 0.1) is 11.6 Å². The van der Waals surface area contributed by atoms with Gasteiger partial charge in [0.15, 0.2) is 18.0 Å². The molecule has 2 aromatic rings. The fraction of sp³-hybridized carbons (Fsp3) is 0. The van der Waals surface area contributed by atoms with Crippen molar-refractivity contribution in [1.29, 1.82) is 0 Å². The molecular formula is C9H5F2NO. The minimum Gasteiger partial charge on any atom is -0.451 e. The first-order valence-electron chi connectivity index (χ1n) is 3.61. The predicted octanol–water partition coefficient (Wildman–Crippen LogP) is 2.62. The largest absolute Gasteiger partial charge is 0.451 e. The Morgan fingerprint density at radius 2 is 2.08 bits per heavy atom. The van der Waals surface area contributed by atoms with Gasteiger partial charge in [-0.2, -0.15) is 0 Å². The van der Waals surface area contributed by atoms with Gasteiger partial charge >= 0.3 is 0 Å². The maximum absolute atomic E-state index is 13.1. The van der Waals surface area contributed by atoms with Crippen molar-refractivity contribution in [2.75, 3.05) is 0 Å². The molecule has 13 heavy (non-hydrogen) atoms. The second kappa shape index (κ2) is 2.97. The summed E-state index contributed by atoms with van der Waals surface area (Å²) < 4.78 is 30.5. The molecule has 2 nitrogen and oxygen atoms in total. The van der Waals surface area contributed by atoms with Crippen molar-refractivity contribution in [2.45, 2.75) is 0 Å². The van der Waals surface area contributed by atoms with E-state index in [0.717, 1.165) is 6.07 Å². The second-order valence-electron chi connectivity index (χ2n) is 2.48. The van der Waals surface area contributed by atoms with Crippen LogP contribution in [0.2, 0.25) is 0 Å². The van der Waals surface area contributed by atoms with E-state index < -0.39 is 11.6 Å². The zero-order valence-corrected chi connectivity index (χ0v) is 6.50. The molecule has 0 aliphatic carbocycles. The zero-order valence-electron chi connectivity index (χ0n) is 6.50. The SMILES string of the molecule is Fc1cccc(-c2cocn2)c1F. The van der Waals surface area contributed by atoms with Gasteiger partial charge in [0.1, 0.15) is 12.0 Å². The molecule has 0 fully saturated rings. The van der Waals surface area contributed by atoms with Gasteiger partial charge in [-0.25, -0.2) is 13.8 Å². The maximum atomic E-state index is 13.1. The molecular weight excluding hydrogens is 176 g/mol. The molecule has 0 spiro atoms. The lowest BCUT2D eigenvalue weighted by molar-refractivity contribution is 0.510. The smallest absolute Gasteiger partial charge is 0.181 e. The van der Waals surface area contributed by atoms with E-state index >= 15 is 0 Å². The summed E-state index contributed by atoms with van der Waals surface area (Å²) in [4.78, 5) is 3.72. The van der Waals surface area contributed by atoms with E-state index in [1.165, 1.54) is 24.8 Å². The normalized spacial score (nSPS) is 10.3. The lowest BCUT2D eigenvalue weighted by atomic mass is 10.1. The second-order valence-corrected chi connectivity index (χ2v) is 2.48. The van der Waals surface area contributed by atoms with Gasteiger partial charge in [0.05, 0.1) is 0 Å². The number of benzene rings is 1. The predicted molar refractivity (Wildman–Crippen MR) is 41.9 cm³/mol. The number of oxazole rings is 1. The van der Waals surface area contributed by atoms with E-state index in [2.05, 4.69) is 9.40 Å². The summed E-state index contributed by atoms with van der Waals surface area (Å²) in [6.45, 7) is 0. The number of rotatable bonds is 1.